The molecule has 45 heavy (non-hydrogen) atoms. The number of hydrogen-bond donors (Lipinski definition) is 2. The second kappa shape index (κ2) is 20.4. The number of hydrogen-bond acceptors (Lipinski definition) is 9. The molecule has 0 saturated carbocycles. The van der Waals surface area contributed by atoms with Crippen LogP contribution < -0.4 is 9.47 Å². The first-order valence-corrected chi connectivity index (χ1v) is 17.8. The summed E-state index contributed by atoms with van der Waals surface area (Å²) in [7, 11) is -1.22. The van der Waals surface area contributed by atoms with E-state index in [-0.39, 0.29) is 24.3 Å². The third-order valence-corrected chi connectivity index (χ3v) is 5.69. The molecule has 11 nitrogen and oxygen atoms in total. The summed E-state index contributed by atoms with van der Waals surface area (Å²) in [4.78, 5) is 22.6. The lowest BCUT2D eigenvalue weighted by atomic mass is 9.96. The zero-order valence-corrected chi connectivity index (χ0v) is 27.4. The van der Waals surface area contributed by atoms with Crippen LogP contribution in [-0.4, -0.2) is 108 Å². The highest BCUT2D eigenvalue weighted by Gasteiger charge is 2.20. The average Bonchev–Trinajstić information content (AvgIpc) is 3.00. The van der Waals surface area contributed by atoms with E-state index in [9.17, 15) is 28.2 Å². The number of carboxylic acids is 2. The normalized spacial score (nSPS) is 14.1. The topological polar surface area (TPSA) is 155 Å². The van der Waals surface area contributed by atoms with Gasteiger partial charge in [-0.3, -0.25) is 8.42 Å². The molecular formula is C32H40O11S2. The molecular weight excluding hydrogens is 624 g/mol. The minimum Gasteiger partial charge on any atom is -0.487 e. The number of ether oxygens (including phenoxy) is 5. The van der Waals surface area contributed by atoms with Gasteiger partial charge >= 0.3 is 11.9 Å². The predicted octanol–water partition coefficient (Wildman–Crippen LogP) is 4.23. The molecule has 0 spiro atoms. The number of carbonyl (C=O) groups is 2. The maximum absolute atomic E-state index is 11.3. The largest absolute Gasteiger partial charge is 0.487 e. The SMILES string of the molecule is CS(C)=O.CS(C)=O.O=C(O)c1ccc(-c2ccc(-c3ccc(C(=O)O)cc3)c3c2OCCOCCOCCOCCO3)cc1. The van der Waals surface area contributed by atoms with E-state index in [2.05, 4.69) is 0 Å². The van der Waals surface area contributed by atoms with Crippen molar-refractivity contribution in [2.45, 2.75) is 0 Å². The molecule has 3 aromatic rings. The zero-order valence-electron chi connectivity index (χ0n) is 25.8. The molecule has 4 rings (SSSR count). The molecule has 1 aliphatic heterocycles. The molecule has 2 N–H and O–H groups in total. The molecule has 3 aromatic carbocycles. The fourth-order valence-electron chi connectivity index (χ4n) is 3.84. The molecule has 0 fully saturated rings. The Bertz CT molecular complexity index is 1290. The highest BCUT2D eigenvalue weighted by molar-refractivity contribution is 7.83. The smallest absolute Gasteiger partial charge is 0.335 e. The fourth-order valence-corrected chi connectivity index (χ4v) is 3.84. The molecule has 13 heteroatoms. The van der Waals surface area contributed by atoms with E-state index in [0.717, 1.165) is 11.1 Å². The third-order valence-electron chi connectivity index (χ3n) is 5.69. The van der Waals surface area contributed by atoms with Crippen LogP contribution >= 0.6 is 0 Å². The monoisotopic (exact) mass is 664 g/mol. The summed E-state index contributed by atoms with van der Waals surface area (Å²) < 4.78 is 48.2. The van der Waals surface area contributed by atoms with Crippen LogP contribution in [0.25, 0.3) is 22.3 Å². The van der Waals surface area contributed by atoms with Gasteiger partial charge in [-0.15, -0.1) is 0 Å². The molecule has 246 valence electrons. The Morgan fingerprint density at radius 3 is 1.04 bits per heavy atom. The average molecular weight is 665 g/mol. The maximum atomic E-state index is 11.3. The van der Waals surface area contributed by atoms with Crippen molar-refractivity contribution in [3.8, 4) is 33.8 Å². The highest BCUT2D eigenvalue weighted by Crippen LogP contribution is 2.45. The Morgan fingerprint density at radius 2 is 0.778 bits per heavy atom. The Morgan fingerprint density at radius 1 is 0.511 bits per heavy atom. The van der Waals surface area contributed by atoms with Gasteiger partial charge in [-0.05, 0) is 47.5 Å². The Kier molecular flexibility index (Phi) is 17.0. The van der Waals surface area contributed by atoms with Crippen LogP contribution in [0.15, 0.2) is 60.7 Å². The van der Waals surface area contributed by atoms with Crippen LogP contribution in [0.5, 0.6) is 11.5 Å². The highest BCUT2D eigenvalue weighted by atomic mass is 32.2. The molecule has 0 saturated heterocycles. The van der Waals surface area contributed by atoms with Crippen molar-refractivity contribution in [3.63, 3.8) is 0 Å². The summed E-state index contributed by atoms with van der Waals surface area (Å²) in [5.74, 6) is -1.08. The summed E-state index contributed by atoms with van der Waals surface area (Å²) in [6.45, 7) is 2.89. The van der Waals surface area contributed by atoms with E-state index in [1.165, 1.54) is 24.3 Å². The van der Waals surface area contributed by atoms with Gasteiger partial charge in [-0.25, -0.2) is 9.59 Å². The molecule has 0 amide bonds. The molecule has 0 aromatic heterocycles. The molecule has 0 bridgehead atoms. The van der Waals surface area contributed by atoms with Crippen LogP contribution in [0.2, 0.25) is 0 Å². The van der Waals surface area contributed by atoms with E-state index in [1.807, 2.05) is 12.1 Å². The molecule has 1 heterocycles. The van der Waals surface area contributed by atoms with Gasteiger partial charge in [0.1, 0.15) is 13.2 Å². The van der Waals surface area contributed by atoms with Crippen molar-refractivity contribution in [2.24, 2.45) is 0 Å². The fraction of sp³-hybridized carbons (Fsp3) is 0.375. The van der Waals surface area contributed by atoms with Crippen LogP contribution in [0.4, 0.5) is 0 Å². The van der Waals surface area contributed by atoms with Crippen LogP contribution in [-0.2, 0) is 35.8 Å². The molecule has 0 aliphatic carbocycles. The summed E-state index contributed by atoms with van der Waals surface area (Å²) >= 11 is 0. The number of carboxylic acid groups (broad SMARTS) is 2. The Balaban J connectivity index is 0.000000789. The van der Waals surface area contributed by atoms with Gasteiger partial charge in [-0.2, -0.15) is 0 Å². The van der Waals surface area contributed by atoms with E-state index in [0.29, 0.717) is 62.3 Å². The second-order valence-electron chi connectivity index (χ2n) is 9.60. The minimum absolute atomic E-state index is 0.177. The van der Waals surface area contributed by atoms with Gasteiger partial charge in [0.15, 0.2) is 11.5 Å². The number of aromatic carboxylic acids is 2. The van der Waals surface area contributed by atoms with E-state index in [4.69, 9.17) is 23.7 Å². The van der Waals surface area contributed by atoms with E-state index >= 15 is 0 Å². The van der Waals surface area contributed by atoms with Crippen LogP contribution in [0.1, 0.15) is 20.7 Å². The number of benzene rings is 3. The summed E-state index contributed by atoms with van der Waals surface area (Å²) in [6, 6.07) is 16.8. The number of fused-ring (bicyclic) bond motifs is 1. The van der Waals surface area contributed by atoms with Crippen LogP contribution in [0, 0.1) is 0 Å². The van der Waals surface area contributed by atoms with Crippen LogP contribution in [0.3, 0.4) is 0 Å². The van der Waals surface area contributed by atoms with Crippen molar-refractivity contribution in [1.29, 1.82) is 0 Å². The first-order chi connectivity index (χ1) is 21.5. The first-order valence-electron chi connectivity index (χ1n) is 13.8. The quantitative estimate of drug-likeness (QED) is 0.412. The standard InChI is InChI=1S/C28H28O9.2C2H6OS/c29-27(30)21-5-1-19(2-6-21)23-9-10-24(20-3-7-22(8-4-20)28(31)32)26-25(23)36-17-15-34-13-11-33-12-14-35-16-18-37-26;2*1-4(2)3/h1-10H,11-18H2,(H,29,30)(H,31,32);2*1-2H3. The Labute approximate surface area is 268 Å². The van der Waals surface area contributed by atoms with Gasteiger partial charge in [0, 0.05) is 57.7 Å². The molecule has 0 radical (unpaired) electrons. The van der Waals surface area contributed by atoms with Crippen molar-refractivity contribution in [1.82, 2.24) is 0 Å². The van der Waals surface area contributed by atoms with Crippen molar-refractivity contribution in [2.75, 3.05) is 77.9 Å². The molecule has 0 atom stereocenters. The predicted molar refractivity (Wildman–Crippen MR) is 175 cm³/mol. The zero-order chi connectivity index (χ0) is 33.2. The summed E-state index contributed by atoms with van der Waals surface area (Å²) in [5, 5.41) is 18.6. The molecule has 0 unspecified atom stereocenters. The third kappa shape index (κ3) is 13.9. The summed E-state index contributed by atoms with van der Waals surface area (Å²) in [5.41, 5.74) is 3.28. The minimum atomic E-state index is -1.01. The van der Waals surface area contributed by atoms with Gasteiger partial charge in [0.05, 0.1) is 50.8 Å². The van der Waals surface area contributed by atoms with Crippen molar-refractivity contribution in [3.05, 3.63) is 71.8 Å². The van der Waals surface area contributed by atoms with Gasteiger partial charge in [0.2, 0.25) is 0 Å². The lowest BCUT2D eigenvalue weighted by Gasteiger charge is -2.20. The van der Waals surface area contributed by atoms with Gasteiger partial charge in [-0.1, -0.05) is 24.3 Å². The lowest BCUT2D eigenvalue weighted by molar-refractivity contribution is 0.00710. The summed E-state index contributed by atoms with van der Waals surface area (Å²) in [6.07, 6.45) is 6.56. The van der Waals surface area contributed by atoms with E-state index < -0.39 is 33.5 Å². The van der Waals surface area contributed by atoms with E-state index in [1.54, 1.807) is 49.3 Å². The van der Waals surface area contributed by atoms with Gasteiger partial charge < -0.3 is 33.9 Å². The molecule has 1 aliphatic rings. The maximum Gasteiger partial charge on any atom is 0.335 e. The lowest BCUT2D eigenvalue weighted by Crippen LogP contribution is -2.13. The van der Waals surface area contributed by atoms with Crippen molar-refractivity contribution < 1.29 is 51.9 Å². The van der Waals surface area contributed by atoms with Gasteiger partial charge in [0.25, 0.3) is 0 Å². The first kappa shape index (κ1) is 37.6. The second-order valence-corrected chi connectivity index (χ2v) is 12.6. The van der Waals surface area contributed by atoms with Crippen molar-refractivity contribution >= 4 is 33.5 Å². The number of rotatable bonds is 4. The Hall–Kier alpha value is -3.62.